The molecule has 0 bridgehead atoms. The molecule has 0 radical (unpaired) electrons. The van der Waals surface area contributed by atoms with Crippen LogP contribution in [0, 0.1) is 0 Å². The maximum absolute atomic E-state index is 13.1. The van der Waals surface area contributed by atoms with Crippen molar-refractivity contribution in [3.05, 3.63) is 46.4 Å². The fourth-order valence-corrected chi connectivity index (χ4v) is 4.79. The molecule has 0 heterocycles. The smallest absolute Gasteiger partial charge is 0.239 e. The third kappa shape index (κ3) is 5.08. The van der Waals surface area contributed by atoms with Gasteiger partial charge in [0.15, 0.2) is 0 Å². The summed E-state index contributed by atoms with van der Waals surface area (Å²) in [5, 5.41) is 4.99. The van der Waals surface area contributed by atoms with Gasteiger partial charge in [0, 0.05) is 20.2 Å². The van der Waals surface area contributed by atoms with Crippen molar-refractivity contribution < 1.29 is 22.7 Å². The number of ether oxygens (including phenoxy) is 2. The first-order valence-electron chi connectivity index (χ1n) is 8.21. The van der Waals surface area contributed by atoms with Crippen LogP contribution in [-0.4, -0.2) is 48.2 Å². The highest BCUT2D eigenvalue weighted by atomic mass is 35.5. The Balaban J connectivity index is 2.58. The predicted molar refractivity (Wildman–Crippen MR) is 108 cm³/mol. The van der Waals surface area contributed by atoms with Gasteiger partial charge < -0.3 is 20.1 Å². The van der Waals surface area contributed by atoms with Crippen LogP contribution in [0.4, 0.5) is 5.69 Å². The number of likely N-dealkylation sites (N-methyl/N-ethyl adjacent to an activating group) is 1. The lowest BCUT2D eigenvalue weighted by molar-refractivity contribution is -0.118. The van der Waals surface area contributed by atoms with Crippen molar-refractivity contribution in [3.8, 4) is 5.75 Å². The first kappa shape index (κ1) is 22.3. The molecule has 0 saturated carbocycles. The number of methoxy groups -OCH3 is 1. The molecule has 0 aliphatic heterocycles. The monoisotopic (exact) mass is 446 g/mol. The minimum atomic E-state index is -4.04. The Morgan fingerprint density at radius 3 is 2.39 bits per heavy atom. The number of rotatable bonds is 9. The Bertz CT molecular complexity index is 937. The standard InChI is InChI=1S/C18H20Cl2N2O5S/c1-21-15(23)11-22-13-10-14(27-9-8-26-2)17(20)18(16(13)19)28(24,25)12-6-4-3-5-7-12/h3-7,10,22H,8-9,11H2,1-2H3,(H,21,23). The van der Waals surface area contributed by atoms with Gasteiger partial charge in [0.2, 0.25) is 15.7 Å². The first-order valence-corrected chi connectivity index (χ1v) is 10.4. The van der Waals surface area contributed by atoms with E-state index in [1.807, 2.05) is 0 Å². The van der Waals surface area contributed by atoms with E-state index in [-0.39, 0.29) is 56.9 Å². The molecule has 0 aromatic heterocycles. The van der Waals surface area contributed by atoms with Crippen LogP contribution in [0.1, 0.15) is 0 Å². The Labute approximate surface area is 173 Å². The summed E-state index contributed by atoms with van der Waals surface area (Å²) >= 11 is 12.7. The molecule has 2 aromatic rings. The maximum Gasteiger partial charge on any atom is 0.239 e. The normalized spacial score (nSPS) is 11.1. The summed E-state index contributed by atoms with van der Waals surface area (Å²) in [5.74, 6) is -0.197. The van der Waals surface area contributed by atoms with E-state index in [4.69, 9.17) is 32.7 Å². The maximum atomic E-state index is 13.1. The second kappa shape index (κ2) is 9.97. The van der Waals surface area contributed by atoms with Crippen molar-refractivity contribution in [3.63, 3.8) is 0 Å². The largest absolute Gasteiger partial charge is 0.489 e. The van der Waals surface area contributed by atoms with E-state index in [0.29, 0.717) is 0 Å². The van der Waals surface area contributed by atoms with Crippen LogP contribution >= 0.6 is 23.2 Å². The van der Waals surface area contributed by atoms with Crippen molar-refractivity contribution in [2.24, 2.45) is 0 Å². The zero-order valence-corrected chi connectivity index (χ0v) is 17.6. The van der Waals surface area contributed by atoms with Crippen LogP contribution in [0.2, 0.25) is 10.0 Å². The number of anilines is 1. The zero-order chi connectivity index (χ0) is 20.7. The van der Waals surface area contributed by atoms with Gasteiger partial charge in [-0.05, 0) is 12.1 Å². The van der Waals surface area contributed by atoms with Crippen LogP contribution in [0.3, 0.4) is 0 Å². The summed E-state index contributed by atoms with van der Waals surface area (Å²) in [7, 11) is -1.04. The average Bonchev–Trinajstić information content (AvgIpc) is 2.69. The van der Waals surface area contributed by atoms with E-state index in [1.54, 1.807) is 18.2 Å². The van der Waals surface area contributed by atoms with Crippen molar-refractivity contribution in [1.82, 2.24) is 5.32 Å². The van der Waals surface area contributed by atoms with Crippen LogP contribution in [0.15, 0.2) is 46.2 Å². The van der Waals surface area contributed by atoms with Crippen LogP contribution in [-0.2, 0) is 19.4 Å². The third-order valence-corrected chi connectivity index (χ3v) is 6.54. The molecule has 2 N–H and O–H groups in total. The quantitative estimate of drug-likeness (QED) is 0.574. The molecule has 152 valence electrons. The second-order valence-corrected chi connectivity index (χ2v) is 8.21. The summed E-state index contributed by atoms with van der Waals surface area (Å²) in [5.41, 5.74) is 0.205. The van der Waals surface area contributed by atoms with E-state index < -0.39 is 9.84 Å². The minimum absolute atomic E-state index is 0.0325. The number of hydrogen-bond acceptors (Lipinski definition) is 6. The number of halogens is 2. The van der Waals surface area contributed by atoms with Gasteiger partial charge in [-0.15, -0.1) is 0 Å². The van der Waals surface area contributed by atoms with E-state index in [9.17, 15) is 13.2 Å². The molecule has 0 aliphatic carbocycles. The van der Waals surface area contributed by atoms with E-state index in [0.717, 1.165) is 0 Å². The van der Waals surface area contributed by atoms with Gasteiger partial charge in [0.1, 0.15) is 22.3 Å². The number of benzene rings is 2. The zero-order valence-electron chi connectivity index (χ0n) is 15.3. The average molecular weight is 447 g/mol. The summed E-state index contributed by atoms with van der Waals surface area (Å²) in [6, 6.07) is 9.23. The molecule has 0 saturated heterocycles. The Hall–Kier alpha value is -2.00. The van der Waals surface area contributed by atoms with Gasteiger partial charge in [0.25, 0.3) is 0 Å². The van der Waals surface area contributed by atoms with Crippen molar-refractivity contribution in [2.75, 3.05) is 39.2 Å². The molecule has 7 nitrogen and oxygen atoms in total. The molecule has 1 amide bonds. The van der Waals surface area contributed by atoms with Gasteiger partial charge >= 0.3 is 0 Å². The van der Waals surface area contributed by atoms with Gasteiger partial charge in [-0.1, -0.05) is 41.4 Å². The lowest BCUT2D eigenvalue weighted by Crippen LogP contribution is -2.26. The van der Waals surface area contributed by atoms with Crippen molar-refractivity contribution in [2.45, 2.75) is 9.79 Å². The molecule has 0 spiro atoms. The van der Waals surface area contributed by atoms with Crippen molar-refractivity contribution in [1.29, 1.82) is 0 Å². The van der Waals surface area contributed by atoms with Crippen molar-refractivity contribution >= 4 is 44.6 Å². The molecule has 0 unspecified atom stereocenters. The Morgan fingerprint density at radius 2 is 1.79 bits per heavy atom. The molecular formula is C18H20Cl2N2O5S. The predicted octanol–water partition coefficient (Wildman–Crippen LogP) is 3.01. The van der Waals surface area contributed by atoms with Gasteiger partial charge in [0.05, 0.1) is 28.8 Å². The van der Waals surface area contributed by atoms with E-state index in [2.05, 4.69) is 10.6 Å². The molecule has 0 aliphatic rings. The highest BCUT2D eigenvalue weighted by molar-refractivity contribution is 7.91. The Kier molecular flexibility index (Phi) is 7.94. The topological polar surface area (TPSA) is 93.7 Å². The molecule has 2 aromatic carbocycles. The van der Waals surface area contributed by atoms with Crippen LogP contribution < -0.4 is 15.4 Å². The fraction of sp³-hybridized carbons (Fsp3) is 0.278. The van der Waals surface area contributed by atoms with Gasteiger partial charge in [-0.3, -0.25) is 4.79 Å². The summed E-state index contributed by atoms with van der Waals surface area (Å²) in [6.45, 7) is 0.318. The first-order chi connectivity index (χ1) is 13.3. The summed E-state index contributed by atoms with van der Waals surface area (Å²) < 4.78 is 36.8. The number of hydrogen-bond donors (Lipinski definition) is 2. The number of carbonyl (C=O) groups excluding carboxylic acids is 1. The molecule has 0 fully saturated rings. The molecule has 28 heavy (non-hydrogen) atoms. The van der Waals surface area contributed by atoms with E-state index in [1.165, 1.54) is 32.4 Å². The highest BCUT2D eigenvalue weighted by Crippen LogP contribution is 2.44. The number of nitrogens with one attached hydrogen (secondary N) is 2. The lowest BCUT2D eigenvalue weighted by Gasteiger charge is -2.17. The third-order valence-electron chi connectivity index (χ3n) is 3.71. The molecule has 10 heteroatoms. The van der Waals surface area contributed by atoms with Crippen LogP contribution in [0.25, 0.3) is 0 Å². The fourth-order valence-electron chi connectivity index (χ4n) is 2.27. The van der Waals surface area contributed by atoms with Gasteiger partial charge in [-0.2, -0.15) is 0 Å². The number of amides is 1. The van der Waals surface area contributed by atoms with Crippen LogP contribution in [0.5, 0.6) is 5.75 Å². The number of sulfone groups is 1. The summed E-state index contributed by atoms with van der Waals surface area (Å²) in [4.78, 5) is 11.3. The molecule has 2 rings (SSSR count). The van der Waals surface area contributed by atoms with E-state index >= 15 is 0 Å². The molecule has 0 atom stereocenters. The minimum Gasteiger partial charge on any atom is -0.489 e. The van der Waals surface area contributed by atoms with Gasteiger partial charge in [-0.25, -0.2) is 8.42 Å². The second-order valence-electron chi connectivity index (χ2n) is 5.56. The number of carbonyl (C=O) groups is 1. The molecular weight excluding hydrogens is 427 g/mol. The SMILES string of the molecule is CNC(=O)CNc1cc(OCCOC)c(Cl)c(S(=O)(=O)c2ccccc2)c1Cl. The summed E-state index contributed by atoms with van der Waals surface area (Å²) in [6.07, 6.45) is 0. The Morgan fingerprint density at radius 1 is 1.11 bits per heavy atom. The highest BCUT2D eigenvalue weighted by Gasteiger charge is 2.29. The lowest BCUT2D eigenvalue weighted by atomic mass is 10.3.